The second kappa shape index (κ2) is 5.55. The molecule has 0 aromatic rings. The van der Waals surface area contributed by atoms with Crippen LogP contribution in [0.3, 0.4) is 0 Å². The largest absolute Gasteiger partial charge is 0.468 e. The second-order valence-corrected chi connectivity index (χ2v) is 6.82. The normalized spacial score (nSPS) is 29.6. The Kier molecular flexibility index (Phi) is 4.25. The average molecular weight is 315 g/mol. The first kappa shape index (κ1) is 13.8. The van der Waals surface area contributed by atoms with E-state index in [4.69, 9.17) is 0 Å². The van der Waals surface area contributed by atoms with Crippen LogP contribution in [-0.2, 0) is 14.3 Å². The van der Waals surface area contributed by atoms with E-state index in [1.54, 1.807) is 0 Å². The van der Waals surface area contributed by atoms with Crippen molar-refractivity contribution in [1.82, 2.24) is 0 Å². The van der Waals surface area contributed by atoms with Crippen molar-refractivity contribution in [2.75, 3.05) is 7.11 Å². The molecule has 0 amide bonds. The summed E-state index contributed by atoms with van der Waals surface area (Å²) in [5.41, 5.74) is 0.809. The quantitative estimate of drug-likeness (QED) is 0.340. The van der Waals surface area contributed by atoms with E-state index in [0.29, 0.717) is 12.8 Å². The summed E-state index contributed by atoms with van der Waals surface area (Å²) >= 11 is 3.76. The second-order valence-electron chi connectivity index (χ2n) is 5.24. The number of allylic oxidation sites excluding steroid dienone is 2. The van der Waals surface area contributed by atoms with Crippen LogP contribution in [0.15, 0.2) is 11.6 Å². The third kappa shape index (κ3) is 2.85. The van der Waals surface area contributed by atoms with Gasteiger partial charge in [0.05, 0.1) is 7.11 Å². The Bertz CT molecular complexity index is 381. The Morgan fingerprint density at radius 1 is 1.39 bits per heavy atom. The topological polar surface area (TPSA) is 43.4 Å². The number of hydrogen-bond donors (Lipinski definition) is 0. The van der Waals surface area contributed by atoms with Crippen molar-refractivity contribution in [2.45, 2.75) is 49.3 Å². The fraction of sp³-hybridized carbons (Fsp3) is 0.714. The van der Waals surface area contributed by atoms with Crippen molar-refractivity contribution >= 4 is 27.7 Å². The molecule has 100 valence electrons. The highest BCUT2D eigenvalue weighted by Gasteiger charge is 2.37. The molecule has 0 aliphatic heterocycles. The van der Waals surface area contributed by atoms with E-state index in [1.807, 2.05) is 0 Å². The standard InChI is InChI=1S/C14H19BrO3/c1-18-13(17)11-6-5-10(12(11)16)9-14(15)7-3-2-4-8-14/h9,11H,2-8H2,1H3/b10-9+. The van der Waals surface area contributed by atoms with Gasteiger partial charge in [-0.3, -0.25) is 9.59 Å². The minimum Gasteiger partial charge on any atom is -0.468 e. The molecule has 2 saturated carbocycles. The van der Waals surface area contributed by atoms with E-state index in [2.05, 4.69) is 26.7 Å². The van der Waals surface area contributed by atoms with E-state index in [0.717, 1.165) is 18.4 Å². The number of alkyl halides is 1. The highest BCUT2D eigenvalue weighted by Crippen LogP contribution is 2.40. The minimum atomic E-state index is -0.569. The lowest BCUT2D eigenvalue weighted by atomic mass is 9.87. The number of carbonyl (C=O) groups is 2. The van der Waals surface area contributed by atoms with Crippen LogP contribution in [0, 0.1) is 5.92 Å². The van der Waals surface area contributed by atoms with Gasteiger partial charge in [-0.05, 0) is 31.3 Å². The van der Waals surface area contributed by atoms with Gasteiger partial charge < -0.3 is 4.74 Å². The molecule has 1 unspecified atom stereocenters. The van der Waals surface area contributed by atoms with E-state index in [1.165, 1.54) is 26.4 Å². The molecule has 2 rings (SSSR count). The van der Waals surface area contributed by atoms with Crippen molar-refractivity contribution < 1.29 is 14.3 Å². The number of hydrogen-bond acceptors (Lipinski definition) is 3. The maximum atomic E-state index is 12.1. The summed E-state index contributed by atoms with van der Waals surface area (Å²) in [7, 11) is 1.34. The molecule has 3 nitrogen and oxygen atoms in total. The Morgan fingerprint density at radius 3 is 2.67 bits per heavy atom. The summed E-state index contributed by atoms with van der Waals surface area (Å²) in [5, 5.41) is 0. The van der Waals surface area contributed by atoms with Crippen molar-refractivity contribution in [3.05, 3.63) is 11.6 Å². The van der Waals surface area contributed by atoms with Gasteiger partial charge in [0.2, 0.25) is 0 Å². The first-order valence-corrected chi connectivity index (χ1v) is 7.38. The van der Waals surface area contributed by atoms with Crippen LogP contribution < -0.4 is 0 Å². The Balaban J connectivity index is 2.10. The van der Waals surface area contributed by atoms with Crippen LogP contribution in [0.2, 0.25) is 0 Å². The fourth-order valence-electron chi connectivity index (χ4n) is 2.88. The Morgan fingerprint density at radius 2 is 2.06 bits per heavy atom. The summed E-state index contributed by atoms with van der Waals surface area (Å²) in [6.07, 6.45) is 9.19. The molecule has 2 fully saturated rings. The summed E-state index contributed by atoms with van der Waals surface area (Å²) in [5.74, 6) is -0.997. The van der Waals surface area contributed by atoms with Crippen LogP contribution in [0.1, 0.15) is 44.9 Å². The minimum absolute atomic E-state index is 0.0265. The number of ether oxygens (including phenoxy) is 1. The smallest absolute Gasteiger partial charge is 0.316 e. The summed E-state index contributed by atoms with van der Waals surface area (Å²) in [6.45, 7) is 0. The molecule has 0 radical (unpaired) electrons. The number of ketones is 1. The van der Waals surface area contributed by atoms with E-state index < -0.39 is 11.9 Å². The molecule has 2 aliphatic rings. The van der Waals surface area contributed by atoms with Gasteiger partial charge >= 0.3 is 5.97 Å². The van der Waals surface area contributed by atoms with Crippen molar-refractivity contribution in [3.63, 3.8) is 0 Å². The SMILES string of the molecule is COC(=O)C1CC/C(=C\C2(Br)CCCCC2)C1=O. The number of carbonyl (C=O) groups excluding carboxylic acids is 2. The molecule has 0 aromatic carbocycles. The van der Waals surface area contributed by atoms with Gasteiger partial charge in [0.1, 0.15) is 5.92 Å². The lowest BCUT2D eigenvalue weighted by Gasteiger charge is -2.29. The number of esters is 1. The van der Waals surface area contributed by atoms with Gasteiger partial charge in [0.15, 0.2) is 5.78 Å². The monoisotopic (exact) mass is 314 g/mol. The number of Topliss-reactive ketones (excluding diaryl/α,β-unsaturated/α-hetero) is 1. The predicted molar refractivity (Wildman–Crippen MR) is 72.6 cm³/mol. The highest BCUT2D eigenvalue weighted by molar-refractivity contribution is 9.10. The van der Waals surface area contributed by atoms with Gasteiger partial charge in [-0.1, -0.05) is 41.3 Å². The van der Waals surface area contributed by atoms with Gasteiger partial charge in [-0.2, -0.15) is 0 Å². The molecule has 0 N–H and O–H groups in total. The van der Waals surface area contributed by atoms with Crippen LogP contribution in [0.25, 0.3) is 0 Å². The first-order valence-electron chi connectivity index (χ1n) is 6.58. The van der Waals surface area contributed by atoms with Crippen molar-refractivity contribution in [3.8, 4) is 0 Å². The molecule has 4 heteroatoms. The molecule has 0 bridgehead atoms. The fourth-order valence-corrected chi connectivity index (χ4v) is 3.72. The van der Waals surface area contributed by atoms with Crippen LogP contribution in [0.4, 0.5) is 0 Å². The maximum absolute atomic E-state index is 12.1. The zero-order chi connectivity index (χ0) is 13.2. The Hall–Kier alpha value is -0.640. The Labute approximate surface area is 116 Å². The maximum Gasteiger partial charge on any atom is 0.316 e. The zero-order valence-electron chi connectivity index (χ0n) is 10.7. The van der Waals surface area contributed by atoms with Gasteiger partial charge in [0.25, 0.3) is 0 Å². The lowest BCUT2D eigenvalue weighted by molar-refractivity contribution is -0.147. The van der Waals surface area contributed by atoms with Crippen LogP contribution in [0.5, 0.6) is 0 Å². The molecular formula is C14H19BrO3. The number of halogens is 1. The number of rotatable bonds is 2. The third-order valence-electron chi connectivity index (χ3n) is 3.94. The molecule has 2 aliphatic carbocycles. The van der Waals surface area contributed by atoms with Gasteiger partial charge in [-0.25, -0.2) is 0 Å². The predicted octanol–water partition coefficient (Wildman–Crippen LogP) is 3.16. The van der Waals surface area contributed by atoms with E-state index in [-0.39, 0.29) is 10.1 Å². The summed E-state index contributed by atoms with van der Waals surface area (Å²) in [4.78, 5) is 23.6. The summed E-state index contributed by atoms with van der Waals surface area (Å²) < 4.78 is 4.64. The van der Waals surface area contributed by atoms with Crippen LogP contribution >= 0.6 is 15.9 Å². The number of methoxy groups -OCH3 is 1. The molecule has 0 spiro atoms. The first-order chi connectivity index (χ1) is 8.56. The highest BCUT2D eigenvalue weighted by atomic mass is 79.9. The summed E-state index contributed by atoms with van der Waals surface area (Å²) in [6, 6.07) is 0. The molecule has 0 saturated heterocycles. The molecule has 1 atom stereocenters. The van der Waals surface area contributed by atoms with Crippen LogP contribution in [-0.4, -0.2) is 23.2 Å². The third-order valence-corrected chi connectivity index (χ3v) is 4.96. The molecule has 18 heavy (non-hydrogen) atoms. The lowest BCUT2D eigenvalue weighted by Crippen LogP contribution is -2.24. The van der Waals surface area contributed by atoms with Crippen molar-refractivity contribution in [1.29, 1.82) is 0 Å². The van der Waals surface area contributed by atoms with Gasteiger partial charge in [-0.15, -0.1) is 0 Å². The molecular weight excluding hydrogens is 296 g/mol. The average Bonchev–Trinajstić information content (AvgIpc) is 2.70. The van der Waals surface area contributed by atoms with Gasteiger partial charge in [0, 0.05) is 4.32 Å². The molecule has 0 aromatic heterocycles. The molecule has 0 heterocycles. The van der Waals surface area contributed by atoms with E-state index >= 15 is 0 Å². The zero-order valence-corrected chi connectivity index (χ0v) is 12.3. The van der Waals surface area contributed by atoms with Crippen molar-refractivity contribution in [2.24, 2.45) is 5.92 Å². The van der Waals surface area contributed by atoms with E-state index in [9.17, 15) is 9.59 Å².